The van der Waals surface area contributed by atoms with Crippen LogP contribution in [-0.4, -0.2) is 50.3 Å². The van der Waals surface area contributed by atoms with E-state index in [2.05, 4.69) is 30.4 Å². The minimum absolute atomic E-state index is 0.495. The highest BCUT2D eigenvalue weighted by Crippen LogP contribution is 2.18. The molecule has 4 heterocycles. The van der Waals surface area contributed by atoms with E-state index in [0.29, 0.717) is 10.8 Å². The summed E-state index contributed by atoms with van der Waals surface area (Å²) in [5.74, 6) is 0. The molecule has 3 aromatic heterocycles. The molecule has 0 aliphatic carbocycles. The molecular formula is C18H21ClN6. The lowest BCUT2D eigenvalue weighted by Gasteiger charge is -2.34. The van der Waals surface area contributed by atoms with Crippen molar-refractivity contribution >= 4 is 22.9 Å². The summed E-state index contributed by atoms with van der Waals surface area (Å²) in [4.78, 5) is 13.5. The Labute approximate surface area is 151 Å². The molecule has 4 rings (SSSR count). The zero-order valence-electron chi connectivity index (χ0n) is 14.0. The Bertz CT molecular complexity index is 836. The molecule has 0 saturated carbocycles. The number of halogens is 1. The van der Waals surface area contributed by atoms with Crippen molar-refractivity contribution in [1.82, 2.24) is 24.2 Å². The molecule has 25 heavy (non-hydrogen) atoms. The summed E-state index contributed by atoms with van der Waals surface area (Å²) in [5, 5.41) is 0.495. The quantitative estimate of drug-likeness (QED) is 0.727. The first-order valence-corrected chi connectivity index (χ1v) is 8.82. The number of aromatic nitrogens is 3. The third-order valence-electron chi connectivity index (χ3n) is 4.65. The fourth-order valence-corrected chi connectivity index (χ4v) is 3.43. The lowest BCUT2D eigenvalue weighted by molar-refractivity contribution is 0.121. The zero-order chi connectivity index (χ0) is 17.2. The molecule has 0 amide bonds. The van der Waals surface area contributed by atoms with Crippen molar-refractivity contribution in [2.45, 2.75) is 13.1 Å². The molecule has 1 saturated heterocycles. The summed E-state index contributed by atoms with van der Waals surface area (Å²) in [7, 11) is 0. The fraction of sp³-hybridized carbons (Fsp3) is 0.333. The number of rotatable bonds is 4. The van der Waals surface area contributed by atoms with Gasteiger partial charge in [-0.3, -0.25) is 9.80 Å². The number of pyridine rings is 2. The molecule has 0 atom stereocenters. The molecule has 0 spiro atoms. The van der Waals surface area contributed by atoms with Crippen LogP contribution in [0.3, 0.4) is 0 Å². The molecule has 6 nitrogen and oxygen atoms in total. The summed E-state index contributed by atoms with van der Waals surface area (Å²) >= 11 is 5.98. The average Bonchev–Trinajstić information content (AvgIpc) is 3.02. The summed E-state index contributed by atoms with van der Waals surface area (Å²) in [5.41, 5.74) is 9.88. The van der Waals surface area contributed by atoms with E-state index in [9.17, 15) is 0 Å². The predicted molar refractivity (Wildman–Crippen MR) is 99.4 cm³/mol. The number of hydrogen-bond acceptors (Lipinski definition) is 5. The monoisotopic (exact) mass is 356 g/mol. The van der Waals surface area contributed by atoms with Crippen LogP contribution in [0.25, 0.3) is 5.65 Å². The van der Waals surface area contributed by atoms with Gasteiger partial charge in [0.2, 0.25) is 0 Å². The third kappa shape index (κ3) is 3.76. The number of fused-ring (bicyclic) bond motifs is 1. The van der Waals surface area contributed by atoms with Gasteiger partial charge in [0, 0.05) is 51.7 Å². The maximum absolute atomic E-state index is 6.00. The highest BCUT2D eigenvalue weighted by Gasteiger charge is 2.19. The highest BCUT2D eigenvalue weighted by molar-refractivity contribution is 6.29. The molecule has 3 aromatic rings. The van der Waals surface area contributed by atoms with Crippen LogP contribution in [0.1, 0.15) is 11.3 Å². The Morgan fingerprint density at radius 1 is 1.08 bits per heavy atom. The van der Waals surface area contributed by atoms with Crippen LogP contribution >= 0.6 is 11.6 Å². The van der Waals surface area contributed by atoms with E-state index in [-0.39, 0.29) is 0 Å². The normalized spacial score (nSPS) is 16.5. The summed E-state index contributed by atoms with van der Waals surface area (Å²) < 4.78 is 2.07. The summed E-state index contributed by atoms with van der Waals surface area (Å²) in [6.45, 7) is 5.76. The van der Waals surface area contributed by atoms with E-state index in [1.807, 2.05) is 30.5 Å². The Balaban J connectivity index is 1.34. The van der Waals surface area contributed by atoms with E-state index >= 15 is 0 Å². The van der Waals surface area contributed by atoms with Crippen molar-refractivity contribution < 1.29 is 0 Å². The maximum atomic E-state index is 6.00. The van der Waals surface area contributed by atoms with Crippen LogP contribution in [0.5, 0.6) is 0 Å². The van der Waals surface area contributed by atoms with Crippen LogP contribution in [0.4, 0.5) is 5.69 Å². The lowest BCUT2D eigenvalue weighted by Crippen LogP contribution is -2.45. The van der Waals surface area contributed by atoms with E-state index in [1.165, 1.54) is 0 Å². The van der Waals surface area contributed by atoms with Crippen molar-refractivity contribution in [3.05, 3.63) is 59.3 Å². The number of nitrogen functional groups attached to an aromatic ring is 1. The lowest BCUT2D eigenvalue weighted by atomic mass is 10.2. The molecule has 1 aliphatic heterocycles. The minimum Gasteiger partial charge on any atom is -0.397 e. The van der Waals surface area contributed by atoms with Crippen LogP contribution < -0.4 is 5.73 Å². The van der Waals surface area contributed by atoms with Crippen molar-refractivity contribution in [1.29, 1.82) is 0 Å². The Hall–Kier alpha value is -2.15. The van der Waals surface area contributed by atoms with Crippen molar-refractivity contribution in [2.24, 2.45) is 0 Å². The van der Waals surface area contributed by atoms with Gasteiger partial charge in [0.15, 0.2) is 0 Å². The van der Waals surface area contributed by atoms with Gasteiger partial charge < -0.3 is 10.1 Å². The Morgan fingerprint density at radius 2 is 1.84 bits per heavy atom. The van der Waals surface area contributed by atoms with Gasteiger partial charge in [-0.25, -0.2) is 9.97 Å². The smallest absolute Gasteiger partial charge is 0.137 e. The van der Waals surface area contributed by atoms with E-state index in [0.717, 1.165) is 56.2 Å². The molecule has 1 aliphatic rings. The summed E-state index contributed by atoms with van der Waals surface area (Å²) in [6.07, 6.45) is 5.78. The SMILES string of the molecule is Nc1cnc(Cl)cc1CN1CCN(Cc2cn3ccccc3n2)CC1. The highest BCUT2D eigenvalue weighted by atomic mass is 35.5. The number of hydrogen-bond donors (Lipinski definition) is 1. The predicted octanol–water partition coefficient (Wildman–Crippen LogP) is 2.28. The van der Waals surface area contributed by atoms with Crippen LogP contribution in [0.15, 0.2) is 42.9 Å². The molecule has 2 N–H and O–H groups in total. The molecular weight excluding hydrogens is 336 g/mol. The Kier molecular flexibility index (Phi) is 4.57. The molecule has 1 fully saturated rings. The molecule has 7 heteroatoms. The molecule has 130 valence electrons. The van der Waals surface area contributed by atoms with Crippen molar-refractivity contribution in [3.8, 4) is 0 Å². The van der Waals surface area contributed by atoms with Gasteiger partial charge in [0.05, 0.1) is 17.6 Å². The van der Waals surface area contributed by atoms with Gasteiger partial charge in [0.1, 0.15) is 10.8 Å². The second-order valence-electron chi connectivity index (χ2n) is 6.46. The van der Waals surface area contributed by atoms with E-state index < -0.39 is 0 Å². The van der Waals surface area contributed by atoms with Gasteiger partial charge in [-0.2, -0.15) is 0 Å². The van der Waals surface area contributed by atoms with Crippen molar-refractivity contribution in [2.75, 3.05) is 31.9 Å². The first-order chi connectivity index (χ1) is 12.2. The standard InChI is InChI=1S/C18H21ClN6/c19-17-9-14(16(20)10-21-17)11-23-5-7-24(8-6-23)12-15-13-25-4-2-1-3-18(25)22-15/h1-4,9-10,13H,5-8,11-12,20H2. The third-order valence-corrected chi connectivity index (χ3v) is 4.86. The van der Waals surface area contributed by atoms with Crippen molar-refractivity contribution in [3.63, 3.8) is 0 Å². The minimum atomic E-state index is 0.495. The van der Waals surface area contributed by atoms with Crippen LogP contribution in [0.2, 0.25) is 5.15 Å². The van der Waals surface area contributed by atoms with Gasteiger partial charge in [0.25, 0.3) is 0 Å². The largest absolute Gasteiger partial charge is 0.397 e. The second kappa shape index (κ2) is 7.00. The molecule has 0 aromatic carbocycles. The fourth-order valence-electron chi connectivity index (χ4n) is 3.25. The van der Waals surface area contributed by atoms with Gasteiger partial charge >= 0.3 is 0 Å². The molecule has 0 unspecified atom stereocenters. The topological polar surface area (TPSA) is 62.7 Å². The van der Waals surface area contributed by atoms with Gasteiger partial charge in [-0.1, -0.05) is 17.7 Å². The maximum Gasteiger partial charge on any atom is 0.137 e. The molecule has 0 bridgehead atoms. The first-order valence-electron chi connectivity index (χ1n) is 8.44. The average molecular weight is 357 g/mol. The van der Waals surface area contributed by atoms with E-state index in [4.69, 9.17) is 17.3 Å². The zero-order valence-corrected chi connectivity index (χ0v) is 14.7. The number of nitrogens with zero attached hydrogens (tertiary/aromatic N) is 5. The van der Waals surface area contributed by atoms with Crippen LogP contribution in [-0.2, 0) is 13.1 Å². The molecule has 0 radical (unpaired) electrons. The number of nitrogens with two attached hydrogens (primary N) is 1. The number of anilines is 1. The first kappa shape index (κ1) is 16.3. The number of piperazine rings is 1. The van der Waals surface area contributed by atoms with Gasteiger partial charge in [-0.15, -0.1) is 0 Å². The second-order valence-corrected chi connectivity index (χ2v) is 6.84. The Morgan fingerprint density at radius 3 is 2.60 bits per heavy atom. The van der Waals surface area contributed by atoms with Crippen LogP contribution in [0, 0.1) is 0 Å². The van der Waals surface area contributed by atoms with E-state index in [1.54, 1.807) is 6.20 Å². The summed E-state index contributed by atoms with van der Waals surface area (Å²) in [6, 6.07) is 7.93. The number of imidazole rings is 1. The van der Waals surface area contributed by atoms with Gasteiger partial charge in [-0.05, 0) is 23.8 Å².